The summed E-state index contributed by atoms with van der Waals surface area (Å²) in [5.74, 6) is 0. The molecule has 0 aliphatic rings. The first-order valence-corrected chi connectivity index (χ1v) is 14.1. The molecule has 0 spiro atoms. The van der Waals surface area contributed by atoms with E-state index in [1.807, 2.05) is 9.44 Å². The Morgan fingerprint density at radius 1 is 0.848 bits per heavy atom. The molecule has 0 saturated heterocycles. The van der Waals surface area contributed by atoms with Gasteiger partial charge in [0.25, 0.3) is 30.1 Å². The van der Waals surface area contributed by atoms with E-state index in [1.54, 1.807) is 0 Å². The maximum absolute atomic E-state index is 12.4. The lowest BCUT2D eigenvalue weighted by Crippen LogP contribution is -2.34. The van der Waals surface area contributed by atoms with Crippen molar-refractivity contribution >= 4 is 69.9 Å². The van der Waals surface area contributed by atoms with Crippen molar-refractivity contribution in [3.8, 4) is 0 Å². The van der Waals surface area contributed by atoms with Crippen LogP contribution >= 0.6 is 22.9 Å². The van der Waals surface area contributed by atoms with Crippen LogP contribution in [0.2, 0.25) is 5.02 Å². The number of nitrogens with two attached hydrogens (primary N) is 1. The summed E-state index contributed by atoms with van der Waals surface area (Å²) < 4.78 is 75.0. The highest BCUT2D eigenvalue weighted by molar-refractivity contribution is 7.93. The Labute approximate surface area is 197 Å². The summed E-state index contributed by atoms with van der Waals surface area (Å²) in [4.78, 5) is 11.6. The standard InChI is InChI=1S/C15H13ClN6O7S4/c16-9-1-5-11(6-2-9)32(26,27)21-13(23)18-10-3-7-12(8-4-10)33(28,29)22-14-19-20-15(30-14)31(17,24)25/h1-8H,(H,19,22)(H2,17,24,25)(H2,18,21,23). The van der Waals surface area contributed by atoms with Gasteiger partial charge in [0.2, 0.25) is 9.47 Å². The van der Waals surface area contributed by atoms with E-state index in [-0.39, 0.29) is 20.6 Å². The summed E-state index contributed by atoms with van der Waals surface area (Å²) in [5.41, 5.74) is 0.0881. The van der Waals surface area contributed by atoms with E-state index in [0.717, 1.165) is 12.1 Å². The van der Waals surface area contributed by atoms with Gasteiger partial charge in [-0.05, 0) is 48.5 Å². The smallest absolute Gasteiger partial charge is 0.307 e. The van der Waals surface area contributed by atoms with Crippen molar-refractivity contribution in [2.24, 2.45) is 5.14 Å². The van der Waals surface area contributed by atoms with E-state index in [2.05, 4.69) is 15.5 Å². The molecule has 0 fully saturated rings. The third kappa shape index (κ3) is 6.36. The molecule has 2 aromatic carbocycles. The van der Waals surface area contributed by atoms with Gasteiger partial charge in [-0.25, -0.2) is 39.9 Å². The van der Waals surface area contributed by atoms with E-state index in [4.69, 9.17) is 16.7 Å². The minimum atomic E-state index is -4.17. The number of carbonyl (C=O) groups is 1. The zero-order chi connectivity index (χ0) is 24.4. The Bertz CT molecular complexity index is 1500. The van der Waals surface area contributed by atoms with Crippen LogP contribution in [0.25, 0.3) is 0 Å². The topological polar surface area (TPSA) is 207 Å². The van der Waals surface area contributed by atoms with Gasteiger partial charge >= 0.3 is 6.03 Å². The Morgan fingerprint density at radius 3 is 1.94 bits per heavy atom. The monoisotopic (exact) mass is 552 g/mol. The van der Waals surface area contributed by atoms with Gasteiger partial charge < -0.3 is 5.32 Å². The third-order valence-electron chi connectivity index (χ3n) is 3.65. The number of nitrogens with one attached hydrogen (secondary N) is 3. The van der Waals surface area contributed by atoms with Crippen LogP contribution in [-0.2, 0) is 30.1 Å². The summed E-state index contributed by atoms with van der Waals surface area (Å²) in [6, 6.07) is 8.70. The van der Waals surface area contributed by atoms with Gasteiger partial charge in [-0.2, -0.15) is 0 Å². The molecule has 0 bridgehead atoms. The van der Waals surface area contributed by atoms with Crippen LogP contribution in [0, 0.1) is 0 Å². The molecule has 176 valence electrons. The second-order valence-electron chi connectivity index (χ2n) is 6.06. The van der Waals surface area contributed by atoms with Crippen LogP contribution in [0.15, 0.2) is 62.7 Å². The number of sulfonamides is 3. The number of urea groups is 1. The average Bonchev–Trinajstić information content (AvgIpc) is 3.16. The van der Waals surface area contributed by atoms with Crippen molar-refractivity contribution in [1.29, 1.82) is 0 Å². The maximum atomic E-state index is 12.4. The summed E-state index contributed by atoms with van der Waals surface area (Å²) in [6.07, 6.45) is 0. The number of primary sulfonamides is 1. The lowest BCUT2D eigenvalue weighted by Gasteiger charge is -2.10. The molecule has 33 heavy (non-hydrogen) atoms. The Morgan fingerprint density at radius 2 is 1.39 bits per heavy atom. The number of nitrogens with zero attached hydrogens (tertiary/aromatic N) is 2. The molecular weight excluding hydrogens is 540 g/mol. The zero-order valence-electron chi connectivity index (χ0n) is 16.0. The minimum Gasteiger partial charge on any atom is -0.307 e. The summed E-state index contributed by atoms with van der Waals surface area (Å²) in [6.45, 7) is 0. The molecule has 1 aromatic heterocycles. The number of carbonyl (C=O) groups excluding carboxylic acids is 1. The third-order valence-corrected chi connectivity index (χ3v) is 8.88. The number of amides is 2. The van der Waals surface area contributed by atoms with Crippen molar-refractivity contribution in [1.82, 2.24) is 14.9 Å². The quantitative estimate of drug-likeness (QED) is 0.331. The second kappa shape index (κ2) is 9.20. The molecule has 2 amide bonds. The van der Waals surface area contributed by atoms with Crippen LogP contribution in [0.1, 0.15) is 0 Å². The largest absolute Gasteiger partial charge is 0.333 e. The summed E-state index contributed by atoms with van der Waals surface area (Å²) in [7, 11) is -12.5. The van der Waals surface area contributed by atoms with E-state index < -0.39 is 40.4 Å². The molecule has 13 nitrogen and oxygen atoms in total. The minimum absolute atomic E-state index is 0.0881. The number of benzene rings is 2. The highest BCUT2D eigenvalue weighted by Gasteiger charge is 2.21. The molecule has 0 unspecified atom stereocenters. The first-order chi connectivity index (χ1) is 15.3. The Kier molecular flexibility index (Phi) is 6.91. The normalized spacial score (nSPS) is 12.2. The number of aromatic nitrogens is 2. The van der Waals surface area contributed by atoms with Gasteiger partial charge in [0.05, 0.1) is 9.79 Å². The molecule has 1 heterocycles. The molecule has 3 rings (SSSR count). The van der Waals surface area contributed by atoms with E-state index >= 15 is 0 Å². The van der Waals surface area contributed by atoms with E-state index in [9.17, 15) is 30.0 Å². The first kappa shape index (κ1) is 24.8. The van der Waals surface area contributed by atoms with Crippen LogP contribution in [-0.4, -0.2) is 41.5 Å². The fourth-order valence-electron chi connectivity index (χ4n) is 2.21. The first-order valence-electron chi connectivity index (χ1n) is 8.35. The van der Waals surface area contributed by atoms with Crippen LogP contribution in [0.4, 0.5) is 15.6 Å². The number of rotatable bonds is 7. The van der Waals surface area contributed by atoms with E-state index in [1.165, 1.54) is 36.4 Å². The molecule has 0 atom stereocenters. The van der Waals surface area contributed by atoms with Crippen molar-refractivity contribution in [2.45, 2.75) is 14.1 Å². The molecule has 0 aliphatic carbocycles. The SMILES string of the molecule is NS(=O)(=O)c1nnc(NS(=O)(=O)c2ccc(NC(=O)NS(=O)(=O)c3ccc(Cl)cc3)cc2)s1. The van der Waals surface area contributed by atoms with E-state index in [0.29, 0.717) is 16.4 Å². The van der Waals surface area contributed by atoms with Gasteiger partial charge in [-0.15, -0.1) is 10.2 Å². The van der Waals surface area contributed by atoms with Crippen molar-refractivity contribution in [3.63, 3.8) is 0 Å². The maximum Gasteiger partial charge on any atom is 0.333 e. The van der Waals surface area contributed by atoms with Crippen molar-refractivity contribution < 1.29 is 30.0 Å². The number of hydrogen-bond donors (Lipinski definition) is 4. The van der Waals surface area contributed by atoms with Crippen LogP contribution in [0.5, 0.6) is 0 Å². The second-order valence-corrected chi connectivity index (χ2v) is 12.6. The number of anilines is 2. The fraction of sp³-hybridized carbons (Fsp3) is 0. The predicted octanol–water partition coefficient (Wildman–Crippen LogP) is 1.15. The highest BCUT2D eigenvalue weighted by Crippen LogP contribution is 2.23. The fourth-order valence-corrected chi connectivity index (χ4v) is 5.81. The van der Waals surface area contributed by atoms with Gasteiger partial charge in [0.15, 0.2) is 0 Å². The number of hydrogen-bond acceptors (Lipinski definition) is 10. The molecule has 18 heteroatoms. The van der Waals surface area contributed by atoms with Gasteiger partial charge in [0.1, 0.15) is 0 Å². The predicted molar refractivity (Wildman–Crippen MR) is 119 cm³/mol. The zero-order valence-corrected chi connectivity index (χ0v) is 20.0. The molecule has 5 N–H and O–H groups in total. The lowest BCUT2D eigenvalue weighted by atomic mass is 10.3. The molecular formula is C15H13ClN6O7S4. The Balaban J connectivity index is 1.67. The molecule has 0 radical (unpaired) electrons. The average molecular weight is 553 g/mol. The molecule has 0 aliphatic heterocycles. The number of halogens is 1. The Hall–Kier alpha value is -2.83. The van der Waals surface area contributed by atoms with Gasteiger partial charge in [-0.3, -0.25) is 4.72 Å². The van der Waals surface area contributed by atoms with Gasteiger partial charge in [0, 0.05) is 10.7 Å². The van der Waals surface area contributed by atoms with Gasteiger partial charge in [-0.1, -0.05) is 22.9 Å². The molecule has 0 saturated carbocycles. The summed E-state index contributed by atoms with van der Waals surface area (Å²) in [5, 5.41) is 13.8. The van der Waals surface area contributed by atoms with Crippen molar-refractivity contribution in [3.05, 3.63) is 53.6 Å². The lowest BCUT2D eigenvalue weighted by molar-refractivity contribution is 0.256. The molecule has 3 aromatic rings. The van der Waals surface area contributed by atoms with Crippen molar-refractivity contribution in [2.75, 3.05) is 10.0 Å². The van der Waals surface area contributed by atoms with Crippen LogP contribution < -0.4 is 19.9 Å². The summed E-state index contributed by atoms with van der Waals surface area (Å²) >= 11 is 6.13. The van der Waals surface area contributed by atoms with Crippen LogP contribution in [0.3, 0.4) is 0 Å². The highest BCUT2D eigenvalue weighted by atomic mass is 35.5.